The van der Waals surface area contributed by atoms with Gasteiger partial charge in [0.15, 0.2) is 11.5 Å². The molecule has 8 heteroatoms. The van der Waals surface area contributed by atoms with Crippen LogP contribution in [0.25, 0.3) is 0 Å². The van der Waals surface area contributed by atoms with Crippen LogP contribution in [0.1, 0.15) is 23.2 Å². The molecule has 2 aromatic rings. The molecule has 2 N–H and O–H groups in total. The SMILES string of the molecule is O=C(CCCOc1ccc(Cl)cc1)NNC(=O)c1ccc2c(c1)OCCO2. The normalized spacial score (nSPS) is 12.2. The number of rotatable bonds is 6. The Bertz CT molecular complexity index is 810. The maximum atomic E-state index is 12.1. The monoisotopic (exact) mass is 390 g/mol. The van der Waals surface area contributed by atoms with Crippen LogP contribution in [0.15, 0.2) is 42.5 Å². The second-order valence-electron chi connectivity index (χ2n) is 5.77. The van der Waals surface area contributed by atoms with Gasteiger partial charge in [-0.15, -0.1) is 0 Å². The number of carbonyl (C=O) groups is 2. The Morgan fingerprint density at radius 3 is 2.52 bits per heavy atom. The van der Waals surface area contributed by atoms with Gasteiger partial charge in [0, 0.05) is 17.0 Å². The largest absolute Gasteiger partial charge is 0.494 e. The smallest absolute Gasteiger partial charge is 0.269 e. The van der Waals surface area contributed by atoms with E-state index in [2.05, 4.69) is 10.9 Å². The average Bonchev–Trinajstić information content (AvgIpc) is 2.70. The molecule has 1 aliphatic rings. The molecule has 142 valence electrons. The van der Waals surface area contributed by atoms with E-state index in [0.29, 0.717) is 54.1 Å². The van der Waals surface area contributed by atoms with Gasteiger partial charge in [0.05, 0.1) is 6.61 Å². The maximum Gasteiger partial charge on any atom is 0.269 e. The maximum absolute atomic E-state index is 12.1. The highest BCUT2D eigenvalue weighted by Gasteiger charge is 2.15. The summed E-state index contributed by atoms with van der Waals surface area (Å²) < 4.78 is 16.3. The van der Waals surface area contributed by atoms with Gasteiger partial charge >= 0.3 is 0 Å². The lowest BCUT2D eigenvalue weighted by molar-refractivity contribution is -0.122. The topological polar surface area (TPSA) is 85.9 Å². The standard InChI is InChI=1S/C19H19ClN2O5/c20-14-4-6-15(7-5-14)25-9-1-2-18(23)21-22-19(24)13-3-8-16-17(12-13)27-11-10-26-16/h3-8,12H,1-2,9-11H2,(H,21,23)(H,22,24). The summed E-state index contributed by atoms with van der Waals surface area (Å²) in [6.07, 6.45) is 0.726. The Labute approximate surface area is 161 Å². The number of amides is 2. The molecule has 0 saturated heterocycles. The highest BCUT2D eigenvalue weighted by Crippen LogP contribution is 2.30. The van der Waals surface area contributed by atoms with E-state index in [0.717, 1.165) is 0 Å². The fraction of sp³-hybridized carbons (Fsp3) is 0.263. The molecule has 0 fully saturated rings. The van der Waals surface area contributed by atoms with E-state index >= 15 is 0 Å². The summed E-state index contributed by atoms with van der Waals surface area (Å²) in [6.45, 7) is 1.30. The molecule has 0 saturated carbocycles. The zero-order valence-electron chi connectivity index (χ0n) is 14.5. The van der Waals surface area contributed by atoms with Gasteiger partial charge in [0.1, 0.15) is 19.0 Å². The van der Waals surface area contributed by atoms with Crippen molar-refractivity contribution in [2.75, 3.05) is 19.8 Å². The van der Waals surface area contributed by atoms with E-state index in [4.69, 9.17) is 25.8 Å². The summed E-state index contributed by atoms with van der Waals surface area (Å²) in [7, 11) is 0. The summed E-state index contributed by atoms with van der Waals surface area (Å²) in [5.74, 6) is 1.06. The van der Waals surface area contributed by atoms with Gasteiger partial charge in [0.25, 0.3) is 5.91 Å². The van der Waals surface area contributed by atoms with E-state index in [1.807, 2.05) is 0 Å². The molecule has 1 heterocycles. The van der Waals surface area contributed by atoms with Crippen LogP contribution < -0.4 is 25.1 Å². The third-order valence-electron chi connectivity index (χ3n) is 3.75. The lowest BCUT2D eigenvalue weighted by atomic mass is 10.2. The minimum Gasteiger partial charge on any atom is -0.494 e. The predicted molar refractivity (Wildman–Crippen MR) is 99.2 cm³/mol. The van der Waals surface area contributed by atoms with Gasteiger partial charge in [0.2, 0.25) is 5.91 Å². The van der Waals surface area contributed by atoms with Crippen molar-refractivity contribution in [3.8, 4) is 17.2 Å². The summed E-state index contributed by atoms with van der Waals surface area (Å²) in [6, 6.07) is 11.8. The van der Waals surface area contributed by atoms with Crippen LogP contribution in [0, 0.1) is 0 Å². The quantitative estimate of drug-likeness (QED) is 0.585. The van der Waals surface area contributed by atoms with Crippen molar-refractivity contribution in [1.82, 2.24) is 10.9 Å². The third-order valence-corrected chi connectivity index (χ3v) is 4.00. The van der Waals surface area contributed by atoms with Gasteiger partial charge in [-0.05, 0) is 48.9 Å². The van der Waals surface area contributed by atoms with Crippen LogP contribution in [-0.4, -0.2) is 31.6 Å². The minimum atomic E-state index is -0.433. The summed E-state index contributed by atoms with van der Waals surface area (Å²) >= 11 is 5.80. The Balaban J connectivity index is 1.37. The molecular formula is C19H19ClN2O5. The van der Waals surface area contributed by atoms with Gasteiger partial charge in [-0.2, -0.15) is 0 Å². The van der Waals surface area contributed by atoms with Crippen LogP contribution in [0.2, 0.25) is 5.02 Å². The van der Waals surface area contributed by atoms with Crippen LogP contribution in [0.3, 0.4) is 0 Å². The Morgan fingerprint density at radius 2 is 1.74 bits per heavy atom. The van der Waals surface area contributed by atoms with E-state index in [9.17, 15) is 9.59 Å². The summed E-state index contributed by atoms with van der Waals surface area (Å²) in [4.78, 5) is 23.9. The number of fused-ring (bicyclic) bond motifs is 1. The van der Waals surface area contributed by atoms with Crippen molar-refractivity contribution in [2.24, 2.45) is 0 Å². The van der Waals surface area contributed by atoms with Gasteiger partial charge in [-0.1, -0.05) is 11.6 Å². The first-order valence-electron chi connectivity index (χ1n) is 8.49. The molecule has 1 aliphatic heterocycles. The highest BCUT2D eigenvalue weighted by atomic mass is 35.5. The van der Waals surface area contributed by atoms with Crippen molar-refractivity contribution in [3.05, 3.63) is 53.1 Å². The lowest BCUT2D eigenvalue weighted by Gasteiger charge is -2.18. The molecule has 0 spiro atoms. The van der Waals surface area contributed by atoms with E-state index < -0.39 is 5.91 Å². The number of hydrogen-bond acceptors (Lipinski definition) is 5. The van der Waals surface area contributed by atoms with Crippen molar-refractivity contribution in [1.29, 1.82) is 0 Å². The Kier molecular flexibility index (Phi) is 6.38. The highest BCUT2D eigenvalue weighted by molar-refractivity contribution is 6.30. The van der Waals surface area contributed by atoms with E-state index in [-0.39, 0.29) is 12.3 Å². The number of ether oxygens (including phenoxy) is 3. The van der Waals surface area contributed by atoms with Crippen molar-refractivity contribution in [2.45, 2.75) is 12.8 Å². The molecule has 0 aliphatic carbocycles. The number of benzene rings is 2. The molecule has 0 unspecified atom stereocenters. The molecule has 7 nitrogen and oxygen atoms in total. The second-order valence-corrected chi connectivity index (χ2v) is 6.20. The molecule has 0 bridgehead atoms. The van der Waals surface area contributed by atoms with Crippen LogP contribution in [0.4, 0.5) is 0 Å². The van der Waals surface area contributed by atoms with Crippen molar-refractivity contribution < 1.29 is 23.8 Å². The summed E-state index contributed by atoms with van der Waals surface area (Å²) in [5, 5.41) is 0.635. The lowest BCUT2D eigenvalue weighted by Crippen LogP contribution is -2.41. The van der Waals surface area contributed by atoms with Crippen LogP contribution in [0.5, 0.6) is 17.2 Å². The van der Waals surface area contributed by atoms with Gasteiger partial charge < -0.3 is 14.2 Å². The van der Waals surface area contributed by atoms with Crippen molar-refractivity contribution >= 4 is 23.4 Å². The molecule has 0 atom stereocenters. The first-order chi connectivity index (χ1) is 13.1. The number of hydrazine groups is 1. The van der Waals surface area contributed by atoms with Crippen molar-refractivity contribution in [3.63, 3.8) is 0 Å². The summed E-state index contributed by atoms with van der Waals surface area (Å²) in [5.41, 5.74) is 5.13. The molecule has 0 aromatic heterocycles. The molecule has 0 radical (unpaired) electrons. The molecule has 2 aromatic carbocycles. The molecule has 3 rings (SSSR count). The fourth-order valence-electron chi connectivity index (χ4n) is 2.40. The predicted octanol–water partition coefficient (Wildman–Crippen LogP) is 2.73. The molecular weight excluding hydrogens is 372 g/mol. The van der Waals surface area contributed by atoms with Gasteiger partial charge in [-0.3, -0.25) is 20.4 Å². The number of hydrogen-bond donors (Lipinski definition) is 2. The zero-order chi connectivity index (χ0) is 19.1. The Morgan fingerprint density at radius 1 is 1.00 bits per heavy atom. The number of halogens is 1. The fourth-order valence-corrected chi connectivity index (χ4v) is 2.53. The number of nitrogens with one attached hydrogen (secondary N) is 2. The van der Waals surface area contributed by atoms with Crippen LogP contribution >= 0.6 is 11.6 Å². The van der Waals surface area contributed by atoms with E-state index in [1.165, 1.54) is 0 Å². The average molecular weight is 391 g/mol. The minimum absolute atomic E-state index is 0.217. The Hall–Kier alpha value is -2.93. The first kappa shape index (κ1) is 18.8. The third kappa shape index (κ3) is 5.52. The zero-order valence-corrected chi connectivity index (χ0v) is 15.3. The van der Waals surface area contributed by atoms with Crippen LogP contribution in [-0.2, 0) is 4.79 Å². The van der Waals surface area contributed by atoms with Gasteiger partial charge in [-0.25, -0.2) is 0 Å². The molecule has 27 heavy (non-hydrogen) atoms. The molecule has 2 amide bonds. The number of carbonyl (C=O) groups excluding carboxylic acids is 2. The second kappa shape index (κ2) is 9.14. The van der Waals surface area contributed by atoms with E-state index in [1.54, 1.807) is 42.5 Å². The first-order valence-corrected chi connectivity index (χ1v) is 8.87.